The highest BCUT2D eigenvalue weighted by atomic mass is 16.5. The first-order chi connectivity index (χ1) is 14.9. The third-order valence-corrected chi connectivity index (χ3v) is 4.60. The Bertz CT molecular complexity index is 720. The lowest BCUT2D eigenvalue weighted by Crippen LogP contribution is -2.45. The topological polar surface area (TPSA) is 105 Å². The number of hydrogen-bond acceptors (Lipinski definition) is 5. The van der Waals surface area contributed by atoms with Crippen LogP contribution in [0, 0.1) is 5.92 Å². The Kier molecular flexibility index (Phi) is 12.6. The maximum Gasteiger partial charge on any atom is 0.306 e. The van der Waals surface area contributed by atoms with E-state index in [1.807, 2.05) is 30.3 Å². The largest absolute Gasteiger partial charge is 0.463 e. The molecule has 0 unspecified atom stereocenters. The highest BCUT2D eigenvalue weighted by molar-refractivity contribution is 5.86. The maximum absolute atomic E-state index is 12.9. The lowest BCUT2D eigenvalue weighted by atomic mass is 9.98. The van der Waals surface area contributed by atoms with Gasteiger partial charge in [0.05, 0.1) is 18.6 Å². The lowest BCUT2D eigenvalue weighted by molar-refractivity contribution is -0.145. The number of amides is 2. The van der Waals surface area contributed by atoms with Gasteiger partial charge in [-0.3, -0.25) is 14.4 Å². The number of carbonyl (C=O) groups excluding carboxylic acids is 3. The SMILES string of the molecule is C=CCCC(=O)OC[C@@H](Cc1ccccc1)NC(=O)[C@H](CC=C)CC(=O)N[C@H](C)CO. The van der Waals surface area contributed by atoms with Crippen LogP contribution in [-0.4, -0.2) is 48.2 Å². The van der Waals surface area contributed by atoms with Gasteiger partial charge in [-0.25, -0.2) is 0 Å². The predicted octanol–water partition coefficient (Wildman–Crippen LogP) is 2.30. The molecule has 170 valence electrons. The molecule has 31 heavy (non-hydrogen) atoms. The first-order valence-electron chi connectivity index (χ1n) is 10.5. The second-order valence-electron chi connectivity index (χ2n) is 7.48. The van der Waals surface area contributed by atoms with Crippen LogP contribution in [0.5, 0.6) is 0 Å². The number of carbonyl (C=O) groups is 3. The molecule has 0 aliphatic carbocycles. The highest BCUT2D eigenvalue weighted by Crippen LogP contribution is 2.12. The van der Waals surface area contributed by atoms with E-state index in [-0.39, 0.29) is 49.9 Å². The summed E-state index contributed by atoms with van der Waals surface area (Å²) in [7, 11) is 0. The van der Waals surface area contributed by atoms with E-state index >= 15 is 0 Å². The van der Waals surface area contributed by atoms with E-state index in [4.69, 9.17) is 9.84 Å². The minimum Gasteiger partial charge on any atom is -0.463 e. The fraction of sp³-hybridized carbons (Fsp3) is 0.458. The molecule has 0 aliphatic rings. The molecule has 0 bridgehead atoms. The van der Waals surface area contributed by atoms with Crippen molar-refractivity contribution < 1.29 is 24.2 Å². The van der Waals surface area contributed by atoms with Gasteiger partial charge in [-0.05, 0) is 31.7 Å². The molecule has 2 amide bonds. The van der Waals surface area contributed by atoms with Crippen LogP contribution in [-0.2, 0) is 25.5 Å². The molecule has 3 atom stereocenters. The second-order valence-corrected chi connectivity index (χ2v) is 7.48. The van der Waals surface area contributed by atoms with Gasteiger partial charge in [-0.2, -0.15) is 0 Å². The molecular weight excluding hydrogens is 396 g/mol. The van der Waals surface area contributed by atoms with Gasteiger partial charge >= 0.3 is 5.97 Å². The molecule has 3 N–H and O–H groups in total. The molecule has 0 spiro atoms. The van der Waals surface area contributed by atoms with Crippen LogP contribution in [0.3, 0.4) is 0 Å². The fourth-order valence-electron chi connectivity index (χ4n) is 2.94. The van der Waals surface area contributed by atoms with Crippen molar-refractivity contribution in [2.75, 3.05) is 13.2 Å². The van der Waals surface area contributed by atoms with Gasteiger partial charge < -0.3 is 20.5 Å². The molecule has 0 radical (unpaired) electrons. The van der Waals surface area contributed by atoms with Crippen molar-refractivity contribution in [2.24, 2.45) is 5.92 Å². The van der Waals surface area contributed by atoms with Crippen molar-refractivity contribution >= 4 is 17.8 Å². The van der Waals surface area contributed by atoms with Gasteiger partial charge in [0.15, 0.2) is 0 Å². The van der Waals surface area contributed by atoms with E-state index in [9.17, 15) is 14.4 Å². The smallest absolute Gasteiger partial charge is 0.306 e. The van der Waals surface area contributed by atoms with Crippen LogP contribution in [0.1, 0.15) is 38.2 Å². The zero-order chi connectivity index (χ0) is 23.1. The van der Waals surface area contributed by atoms with Crippen molar-refractivity contribution in [1.82, 2.24) is 10.6 Å². The molecule has 7 heteroatoms. The summed E-state index contributed by atoms with van der Waals surface area (Å²) in [5.41, 5.74) is 0.990. The van der Waals surface area contributed by atoms with Crippen molar-refractivity contribution in [3.8, 4) is 0 Å². The number of hydrogen-bond donors (Lipinski definition) is 3. The summed E-state index contributed by atoms with van der Waals surface area (Å²) in [5, 5.41) is 14.7. The number of nitrogens with one attached hydrogen (secondary N) is 2. The quantitative estimate of drug-likeness (QED) is 0.293. The van der Waals surface area contributed by atoms with Crippen LogP contribution < -0.4 is 10.6 Å². The molecule has 0 fully saturated rings. The van der Waals surface area contributed by atoms with Crippen LogP contribution in [0.4, 0.5) is 0 Å². The van der Waals surface area contributed by atoms with E-state index < -0.39 is 12.0 Å². The van der Waals surface area contributed by atoms with Gasteiger partial charge in [0.1, 0.15) is 6.61 Å². The summed E-state index contributed by atoms with van der Waals surface area (Å²) in [6.07, 6.45) is 4.77. The van der Waals surface area contributed by atoms with Gasteiger partial charge in [0, 0.05) is 18.9 Å². The molecule has 0 saturated carbocycles. The van der Waals surface area contributed by atoms with Gasteiger partial charge in [-0.1, -0.05) is 42.5 Å². The van der Waals surface area contributed by atoms with Gasteiger partial charge in [0.2, 0.25) is 11.8 Å². The number of ether oxygens (including phenoxy) is 1. The van der Waals surface area contributed by atoms with Crippen molar-refractivity contribution in [3.05, 3.63) is 61.2 Å². The summed E-state index contributed by atoms with van der Waals surface area (Å²) < 4.78 is 5.34. The Morgan fingerprint density at radius 1 is 1.13 bits per heavy atom. The average Bonchev–Trinajstić information content (AvgIpc) is 2.76. The monoisotopic (exact) mass is 430 g/mol. The molecule has 1 rings (SSSR count). The van der Waals surface area contributed by atoms with Gasteiger partial charge in [-0.15, -0.1) is 13.2 Å². The van der Waals surface area contributed by atoms with Gasteiger partial charge in [0.25, 0.3) is 0 Å². The summed E-state index contributed by atoms with van der Waals surface area (Å²) in [6, 6.07) is 8.75. The Balaban J connectivity index is 2.80. The number of benzene rings is 1. The molecule has 0 saturated heterocycles. The van der Waals surface area contributed by atoms with E-state index in [0.29, 0.717) is 19.3 Å². The number of aliphatic hydroxyl groups is 1. The standard InChI is InChI=1S/C24H34N2O5/c1-4-6-13-23(29)31-17-21(14-19-11-8-7-9-12-19)26-24(30)20(10-5-2)15-22(28)25-18(3)16-27/h4-5,7-9,11-12,18,20-21,27H,1-2,6,10,13-17H2,3H3,(H,25,28)(H,26,30)/t18-,20-,21-/m1/s1. The first kappa shape index (κ1) is 26.1. The van der Waals surface area contributed by atoms with E-state index in [0.717, 1.165) is 5.56 Å². The number of rotatable bonds is 15. The summed E-state index contributed by atoms with van der Waals surface area (Å²) in [4.78, 5) is 37.0. The molecule has 7 nitrogen and oxygen atoms in total. The Labute approximate surface area is 184 Å². The van der Waals surface area contributed by atoms with E-state index in [1.165, 1.54) is 0 Å². The number of allylic oxidation sites excluding steroid dienone is 2. The maximum atomic E-state index is 12.9. The molecule has 1 aromatic carbocycles. The number of esters is 1. The fourth-order valence-corrected chi connectivity index (χ4v) is 2.94. The van der Waals surface area contributed by atoms with Crippen molar-refractivity contribution in [1.29, 1.82) is 0 Å². The lowest BCUT2D eigenvalue weighted by Gasteiger charge is -2.23. The van der Waals surface area contributed by atoms with Crippen LogP contribution in [0.2, 0.25) is 0 Å². The molecule has 1 aromatic rings. The van der Waals surface area contributed by atoms with E-state index in [1.54, 1.807) is 19.1 Å². The Morgan fingerprint density at radius 2 is 1.84 bits per heavy atom. The first-order valence-corrected chi connectivity index (χ1v) is 10.5. The molecule has 0 aromatic heterocycles. The molecule has 0 heterocycles. The predicted molar refractivity (Wildman–Crippen MR) is 120 cm³/mol. The van der Waals surface area contributed by atoms with Crippen LogP contribution in [0.15, 0.2) is 55.6 Å². The minimum absolute atomic E-state index is 0.0284. The number of aliphatic hydroxyl groups excluding tert-OH is 1. The van der Waals surface area contributed by atoms with E-state index in [2.05, 4.69) is 23.8 Å². The molecule has 0 aliphatic heterocycles. The summed E-state index contributed by atoms with van der Waals surface area (Å²) in [5.74, 6) is -1.60. The molecular formula is C24H34N2O5. The zero-order valence-electron chi connectivity index (χ0n) is 18.2. The van der Waals surface area contributed by atoms with Crippen LogP contribution in [0.25, 0.3) is 0 Å². The average molecular weight is 431 g/mol. The normalized spacial score (nSPS) is 13.4. The second kappa shape index (κ2) is 15.0. The Hall–Kier alpha value is -2.93. The Morgan fingerprint density at radius 3 is 2.45 bits per heavy atom. The minimum atomic E-state index is -0.613. The summed E-state index contributed by atoms with van der Waals surface area (Å²) >= 11 is 0. The zero-order valence-corrected chi connectivity index (χ0v) is 18.2. The highest BCUT2D eigenvalue weighted by Gasteiger charge is 2.24. The third-order valence-electron chi connectivity index (χ3n) is 4.60. The summed E-state index contributed by atoms with van der Waals surface area (Å²) in [6.45, 7) is 8.79. The van der Waals surface area contributed by atoms with Crippen LogP contribution >= 0.6 is 0 Å². The van der Waals surface area contributed by atoms with Crippen molar-refractivity contribution in [3.63, 3.8) is 0 Å². The third kappa shape index (κ3) is 11.1. The van der Waals surface area contributed by atoms with Crippen molar-refractivity contribution in [2.45, 2.75) is 51.1 Å².